The highest BCUT2D eigenvalue weighted by atomic mass is 32.2. The minimum atomic E-state index is -4.96. The Bertz CT molecular complexity index is 631. The fraction of sp³-hybridized carbons (Fsp3) is 0.500. The van der Waals surface area contributed by atoms with Crippen molar-refractivity contribution < 1.29 is 26.0 Å². The Morgan fingerprint density at radius 1 is 1.33 bits per heavy atom. The van der Waals surface area contributed by atoms with Crippen LogP contribution in [-0.4, -0.2) is 31.9 Å². The van der Waals surface area contributed by atoms with Crippen molar-refractivity contribution in [3.05, 3.63) is 29.6 Å². The Balaban J connectivity index is 2.55. The van der Waals surface area contributed by atoms with E-state index in [-0.39, 0.29) is 19.2 Å². The quantitative estimate of drug-likeness (QED) is 0.864. The fourth-order valence-corrected chi connectivity index (χ4v) is 4.33. The Kier molecular flexibility index (Phi) is 4.27. The summed E-state index contributed by atoms with van der Waals surface area (Å²) in [7, 11) is -4.36. The molecule has 2 N–H and O–H groups in total. The van der Waals surface area contributed by atoms with Crippen LogP contribution >= 0.6 is 0 Å². The van der Waals surface area contributed by atoms with Crippen LogP contribution in [-0.2, 0) is 16.2 Å². The minimum absolute atomic E-state index is 0.0295. The van der Waals surface area contributed by atoms with E-state index in [1.54, 1.807) is 0 Å². The summed E-state index contributed by atoms with van der Waals surface area (Å²) in [6.07, 6.45) is -3.93. The average Bonchev–Trinajstić information content (AvgIpc) is 2.86. The first-order valence-corrected chi connectivity index (χ1v) is 7.70. The van der Waals surface area contributed by atoms with Crippen LogP contribution in [0.2, 0.25) is 0 Å². The number of hydrogen-bond acceptors (Lipinski definition) is 3. The molecule has 0 amide bonds. The molecule has 1 aromatic rings. The molecule has 1 aliphatic rings. The van der Waals surface area contributed by atoms with Crippen LogP contribution in [0, 0.1) is 5.82 Å². The van der Waals surface area contributed by atoms with Crippen molar-refractivity contribution in [1.82, 2.24) is 4.31 Å². The molecular formula is C12H14F4N2O2S. The van der Waals surface area contributed by atoms with Crippen molar-refractivity contribution in [2.75, 3.05) is 13.1 Å². The lowest BCUT2D eigenvalue weighted by Gasteiger charge is -2.24. The van der Waals surface area contributed by atoms with E-state index in [0.29, 0.717) is 25.0 Å². The van der Waals surface area contributed by atoms with Gasteiger partial charge in [-0.3, -0.25) is 0 Å². The van der Waals surface area contributed by atoms with Crippen molar-refractivity contribution in [3.63, 3.8) is 0 Å². The van der Waals surface area contributed by atoms with Gasteiger partial charge in [0.05, 0.1) is 10.5 Å². The largest absolute Gasteiger partial charge is 0.417 e. The van der Waals surface area contributed by atoms with E-state index >= 15 is 0 Å². The van der Waals surface area contributed by atoms with E-state index in [1.165, 1.54) is 0 Å². The zero-order chi connectivity index (χ0) is 15.8. The van der Waals surface area contributed by atoms with E-state index < -0.39 is 38.5 Å². The molecular weight excluding hydrogens is 312 g/mol. The SMILES string of the molecule is NC[C@H]1CCCN1S(=O)(=O)c1ccc(F)cc1C(F)(F)F. The number of halogens is 4. The van der Waals surface area contributed by atoms with Gasteiger partial charge >= 0.3 is 6.18 Å². The molecule has 4 nitrogen and oxygen atoms in total. The Labute approximate surface area is 119 Å². The predicted octanol–water partition coefficient (Wildman–Crippen LogP) is 1.96. The normalized spacial score (nSPS) is 20.9. The van der Waals surface area contributed by atoms with Gasteiger partial charge in [-0.15, -0.1) is 0 Å². The molecule has 9 heteroatoms. The van der Waals surface area contributed by atoms with Crippen molar-refractivity contribution in [2.24, 2.45) is 5.73 Å². The maximum atomic E-state index is 13.1. The first-order valence-electron chi connectivity index (χ1n) is 6.26. The summed E-state index contributed by atoms with van der Waals surface area (Å²) >= 11 is 0. The van der Waals surface area contributed by atoms with Gasteiger partial charge in [-0.2, -0.15) is 17.5 Å². The molecule has 1 fully saturated rings. The molecule has 0 bridgehead atoms. The third-order valence-electron chi connectivity index (χ3n) is 3.43. The van der Waals surface area contributed by atoms with Crippen LogP contribution in [0.5, 0.6) is 0 Å². The van der Waals surface area contributed by atoms with E-state index in [1.807, 2.05) is 0 Å². The van der Waals surface area contributed by atoms with Gasteiger partial charge in [0.15, 0.2) is 0 Å². The zero-order valence-electron chi connectivity index (χ0n) is 10.9. The molecule has 1 atom stereocenters. The van der Waals surface area contributed by atoms with Gasteiger partial charge in [0.2, 0.25) is 10.0 Å². The van der Waals surface area contributed by atoms with Crippen LogP contribution in [0.15, 0.2) is 23.1 Å². The number of hydrogen-bond donors (Lipinski definition) is 1. The summed E-state index contributed by atoms with van der Waals surface area (Å²) in [5.41, 5.74) is 3.96. The van der Waals surface area contributed by atoms with E-state index in [4.69, 9.17) is 5.73 Å². The molecule has 21 heavy (non-hydrogen) atoms. The lowest BCUT2D eigenvalue weighted by Crippen LogP contribution is -2.40. The van der Waals surface area contributed by atoms with Gasteiger partial charge in [-0.1, -0.05) is 0 Å². The monoisotopic (exact) mass is 326 g/mol. The molecule has 0 aliphatic carbocycles. The number of benzene rings is 1. The Morgan fingerprint density at radius 2 is 2.00 bits per heavy atom. The first kappa shape index (κ1) is 16.2. The van der Waals surface area contributed by atoms with Crippen LogP contribution in [0.1, 0.15) is 18.4 Å². The number of nitrogens with zero attached hydrogens (tertiary/aromatic N) is 1. The van der Waals surface area contributed by atoms with Gasteiger partial charge in [-0.25, -0.2) is 12.8 Å². The second-order valence-electron chi connectivity index (χ2n) is 4.79. The maximum Gasteiger partial charge on any atom is 0.417 e. The molecule has 0 saturated carbocycles. The maximum absolute atomic E-state index is 13.1. The van der Waals surface area contributed by atoms with Gasteiger partial charge < -0.3 is 5.73 Å². The molecule has 1 saturated heterocycles. The van der Waals surface area contributed by atoms with Crippen molar-refractivity contribution >= 4 is 10.0 Å². The minimum Gasteiger partial charge on any atom is -0.329 e. The van der Waals surface area contributed by atoms with E-state index in [2.05, 4.69) is 0 Å². The third-order valence-corrected chi connectivity index (χ3v) is 5.44. The van der Waals surface area contributed by atoms with Crippen LogP contribution in [0.3, 0.4) is 0 Å². The molecule has 118 valence electrons. The summed E-state index contributed by atoms with van der Waals surface area (Å²) in [6, 6.07) is 1.02. The molecule has 0 aromatic heterocycles. The lowest BCUT2D eigenvalue weighted by atomic mass is 10.2. The Hall–Kier alpha value is -1.19. The van der Waals surface area contributed by atoms with Crippen molar-refractivity contribution in [3.8, 4) is 0 Å². The number of nitrogens with two attached hydrogens (primary N) is 1. The highest BCUT2D eigenvalue weighted by molar-refractivity contribution is 7.89. The van der Waals surface area contributed by atoms with Crippen molar-refractivity contribution in [2.45, 2.75) is 30.0 Å². The van der Waals surface area contributed by atoms with Gasteiger partial charge in [0.1, 0.15) is 5.82 Å². The van der Waals surface area contributed by atoms with E-state index in [9.17, 15) is 26.0 Å². The van der Waals surface area contributed by atoms with Crippen molar-refractivity contribution in [1.29, 1.82) is 0 Å². The van der Waals surface area contributed by atoms with Gasteiger partial charge in [0, 0.05) is 19.1 Å². The summed E-state index contributed by atoms with van der Waals surface area (Å²) in [6.45, 7) is 0.140. The van der Waals surface area contributed by atoms with Crippen LogP contribution < -0.4 is 5.73 Å². The lowest BCUT2D eigenvalue weighted by molar-refractivity contribution is -0.140. The van der Waals surface area contributed by atoms with Gasteiger partial charge in [0.25, 0.3) is 0 Å². The molecule has 0 unspecified atom stereocenters. The second kappa shape index (κ2) is 5.54. The molecule has 0 spiro atoms. The predicted molar refractivity (Wildman–Crippen MR) is 67.4 cm³/mol. The third kappa shape index (κ3) is 3.04. The zero-order valence-corrected chi connectivity index (χ0v) is 11.7. The highest BCUT2D eigenvalue weighted by Crippen LogP contribution is 2.37. The van der Waals surface area contributed by atoms with Crippen LogP contribution in [0.25, 0.3) is 0 Å². The number of rotatable bonds is 3. The highest BCUT2D eigenvalue weighted by Gasteiger charge is 2.42. The molecule has 1 heterocycles. The van der Waals surface area contributed by atoms with Crippen LogP contribution in [0.4, 0.5) is 17.6 Å². The second-order valence-corrected chi connectivity index (χ2v) is 6.64. The van der Waals surface area contributed by atoms with Gasteiger partial charge in [-0.05, 0) is 31.0 Å². The first-order chi connectivity index (χ1) is 9.67. The summed E-state index contributed by atoms with van der Waals surface area (Å²) in [5, 5.41) is 0. The number of alkyl halides is 3. The van der Waals surface area contributed by atoms with E-state index in [0.717, 1.165) is 4.31 Å². The smallest absolute Gasteiger partial charge is 0.329 e. The topological polar surface area (TPSA) is 63.4 Å². The molecule has 0 radical (unpaired) electrons. The number of sulfonamides is 1. The fourth-order valence-electron chi connectivity index (χ4n) is 2.44. The standard InChI is InChI=1S/C12H14F4N2O2S/c13-8-3-4-11(10(6-8)12(14,15)16)21(19,20)18-5-1-2-9(18)7-17/h3-4,6,9H,1-2,5,7,17H2/t9-/m1/s1. The summed E-state index contributed by atoms with van der Waals surface area (Å²) < 4.78 is 77.7. The average molecular weight is 326 g/mol. The Morgan fingerprint density at radius 3 is 2.57 bits per heavy atom. The summed E-state index contributed by atoms with van der Waals surface area (Å²) in [4.78, 5) is -0.934. The molecule has 2 rings (SSSR count). The summed E-state index contributed by atoms with van der Waals surface area (Å²) in [5.74, 6) is -1.14. The molecule has 1 aliphatic heterocycles. The molecule has 1 aromatic carbocycles.